The van der Waals surface area contributed by atoms with E-state index >= 15 is 0 Å². The van der Waals surface area contributed by atoms with Gasteiger partial charge >= 0.3 is 5.97 Å². The van der Waals surface area contributed by atoms with Crippen LogP contribution in [0.25, 0.3) is 10.9 Å². The standard InChI is InChI=1S/C48H68N8O12/c1-12-26(5)41-45(62)54-40(37(58)13-2)47(64)55(8)36(21-30-23-49-34-19-18-32(67-11)22-33(30)34)48(65)68-28(7)39(53-43(60)38(25(3)4)50-24-57)44(61)52-35(20-29-14-16-31(66-10)17-15-29)42(59)51-27(6)46(63)56(41)9/h14-19,22-28,35-41,49,58H,12-13,20-21H2,1-11H3,(H,50,57)(H,51,59)(H,52,61)(H,53,60)(H,54,62). The summed E-state index contributed by atoms with van der Waals surface area (Å²) in [7, 11) is 5.69. The van der Waals surface area contributed by atoms with Gasteiger partial charge in [0.05, 0.1) is 20.3 Å². The van der Waals surface area contributed by atoms with Gasteiger partial charge in [0.25, 0.3) is 0 Å². The molecule has 10 atom stereocenters. The van der Waals surface area contributed by atoms with Gasteiger partial charge in [-0.2, -0.15) is 0 Å². The number of carbonyl (C=O) groups excluding carboxylic acids is 8. The number of cyclic esters (lactones) is 1. The first-order valence-corrected chi connectivity index (χ1v) is 22.8. The van der Waals surface area contributed by atoms with Crippen LogP contribution < -0.4 is 36.1 Å². The Labute approximate surface area is 396 Å². The van der Waals surface area contributed by atoms with Crippen LogP contribution in [0.1, 0.15) is 72.4 Å². The number of fused-ring (bicyclic) bond motifs is 1. The van der Waals surface area contributed by atoms with Gasteiger partial charge in [0.15, 0.2) is 0 Å². The van der Waals surface area contributed by atoms with Gasteiger partial charge < -0.3 is 60.7 Å². The second-order valence-corrected chi connectivity index (χ2v) is 17.6. The van der Waals surface area contributed by atoms with Crippen LogP contribution in [-0.2, 0) is 55.9 Å². The molecular formula is C48H68N8O12. The molecule has 0 radical (unpaired) electrons. The molecule has 1 aliphatic rings. The molecule has 1 saturated heterocycles. The molecule has 4 rings (SSSR count). The van der Waals surface area contributed by atoms with E-state index in [1.54, 1.807) is 76.4 Å². The van der Waals surface area contributed by atoms with Crippen molar-refractivity contribution < 1.29 is 57.7 Å². The highest BCUT2D eigenvalue weighted by Crippen LogP contribution is 2.27. The molecule has 0 saturated carbocycles. The number of aliphatic hydroxyl groups excluding tert-OH is 1. The number of methoxy groups -OCH3 is 2. The molecular weight excluding hydrogens is 881 g/mol. The van der Waals surface area contributed by atoms with Crippen LogP contribution in [0.15, 0.2) is 48.7 Å². The third kappa shape index (κ3) is 13.0. The number of aromatic nitrogens is 1. The van der Waals surface area contributed by atoms with Crippen LogP contribution in [0.2, 0.25) is 0 Å². The summed E-state index contributed by atoms with van der Waals surface area (Å²) in [6.07, 6.45) is -0.916. The molecule has 10 unspecified atom stereocenters. The minimum Gasteiger partial charge on any atom is -0.497 e. The van der Waals surface area contributed by atoms with Crippen LogP contribution in [0, 0.1) is 11.8 Å². The SMILES string of the molecule is CCC(C)C1C(=O)NC(C(O)CC)C(=O)N(C)C(Cc2c[nH]c3ccc(OC)cc23)C(=O)OC(C)C(NC(=O)C(NC=O)C(C)C)C(=O)NC(Cc2ccc(OC)cc2)C(=O)NC(C)C(=O)N1C. The number of ether oxygens (including phenoxy) is 3. The number of rotatable bonds is 15. The van der Waals surface area contributed by atoms with E-state index in [1.807, 2.05) is 6.92 Å². The van der Waals surface area contributed by atoms with Gasteiger partial charge in [-0.1, -0.05) is 53.2 Å². The molecule has 1 fully saturated rings. The number of aromatic amines is 1. The molecule has 1 aromatic heterocycles. The maximum Gasteiger partial charge on any atom is 0.329 e. The van der Waals surface area contributed by atoms with E-state index in [0.717, 1.165) is 4.90 Å². The molecule has 0 bridgehead atoms. The lowest BCUT2D eigenvalue weighted by Crippen LogP contribution is -2.62. The summed E-state index contributed by atoms with van der Waals surface area (Å²) < 4.78 is 16.8. The van der Waals surface area contributed by atoms with Crippen molar-refractivity contribution in [2.75, 3.05) is 28.3 Å². The van der Waals surface area contributed by atoms with E-state index in [9.17, 15) is 43.5 Å². The van der Waals surface area contributed by atoms with Crippen LogP contribution in [0.4, 0.5) is 0 Å². The Morgan fingerprint density at radius 1 is 0.838 bits per heavy atom. The molecule has 7 amide bonds. The Bertz CT molecular complexity index is 2270. The number of aliphatic hydroxyl groups is 1. The summed E-state index contributed by atoms with van der Waals surface area (Å²) in [6, 6.07) is 2.06. The zero-order valence-corrected chi connectivity index (χ0v) is 40.7. The molecule has 372 valence electrons. The molecule has 68 heavy (non-hydrogen) atoms. The second-order valence-electron chi connectivity index (χ2n) is 17.6. The molecule has 2 aromatic carbocycles. The quantitative estimate of drug-likeness (QED) is 0.0835. The minimum absolute atomic E-state index is 0.00470. The lowest BCUT2D eigenvalue weighted by atomic mass is 9.95. The lowest BCUT2D eigenvalue weighted by Gasteiger charge is -2.36. The number of H-pyrrole nitrogens is 1. The maximum atomic E-state index is 14.8. The number of likely N-dealkylation sites (N-methyl/N-ethyl adjacent to an activating group) is 2. The average molecular weight is 949 g/mol. The number of amides is 7. The fourth-order valence-electron chi connectivity index (χ4n) is 8.15. The number of nitrogens with one attached hydrogen (secondary N) is 6. The predicted octanol–water partition coefficient (Wildman–Crippen LogP) is 1.12. The number of hydrogen-bond donors (Lipinski definition) is 7. The Hall–Kier alpha value is -6.70. The molecule has 3 aromatic rings. The summed E-state index contributed by atoms with van der Waals surface area (Å²) in [5, 5.41) is 25.1. The first-order valence-electron chi connectivity index (χ1n) is 22.8. The average Bonchev–Trinajstić information content (AvgIpc) is 3.73. The fraction of sp³-hybridized carbons (Fsp3) is 0.542. The van der Waals surface area contributed by atoms with E-state index in [1.165, 1.54) is 47.1 Å². The maximum absolute atomic E-state index is 14.8. The Morgan fingerprint density at radius 2 is 1.49 bits per heavy atom. The fourth-order valence-corrected chi connectivity index (χ4v) is 8.15. The van der Waals surface area contributed by atoms with Gasteiger partial charge in [-0.15, -0.1) is 0 Å². The van der Waals surface area contributed by atoms with Gasteiger partial charge in [-0.3, -0.25) is 33.6 Å². The molecule has 2 heterocycles. The van der Waals surface area contributed by atoms with Crippen LogP contribution in [0.5, 0.6) is 11.5 Å². The normalized spacial score (nSPS) is 24.0. The van der Waals surface area contributed by atoms with Crippen molar-refractivity contribution >= 4 is 58.7 Å². The zero-order chi connectivity index (χ0) is 50.6. The summed E-state index contributed by atoms with van der Waals surface area (Å²) in [6.45, 7) is 11.2. The first-order chi connectivity index (χ1) is 32.2. The van der Waals surface area contributed by atoms with Crippen molar-refractivity contribution in [3.63, 3.8) is 0 Å². The third-order valence-electron chi connectivity index (χ3n) is 12.6. The first kappa shape index (κ1) is 53.9. The van der Waals surface area contributed by atoms with Gasteiger partial charge in [0, 0.05) is 44.0 Å². The van der Waals surface area contributed by atoms with Crippen molar-refractivity contribution in [3.8, 4) is 11.5 Å². The van der Waals surface area contributed by atoms with Crippen LogP contribution in [0.3, 0.4) is 0 Å². The van der Waals surface area contributed by atoms with Gasteiger partial charge in [-0.25, -0.2) is 4.79 Å². The molecule has 0 aliphatic carbocycles. The monoisotopic (exact) mass is 948 g/mol. The van der Waals surface area contributed by atoms with Crippen LogP contribution in [-0.4, -0.2) is 151 Å². The van der Waals surface area contributed by atoms with Crippen LogP contribution >= 0.6 is 0 Å². The number of benzene rings is 2. The number of carbonyl (C=O) groups is 8. The third-order valence-corrected chi connectivity index (χ3v) is 12.6. The second kappa shape index (κ2) is 24.4. The molecule has 20 nitrogen and oxygen atoms in total. The zero-order valence-electron chi connectivity index (χ0n) is 40.7. The largest absolute Gasteiger partial charge is 0.497 e. The Balaban J connectivity index is 1.93. The minimum atomic E-state index is -1.72. The van der Waals surface area contributed by atoms with Crippen molar-refractivity contribution in [2.24, 2.45) is 11.8 Å². The number of hydrogen-bond acceptors (Lipinski definition) is 12. The van der Waals surface area contributed by atoms with Crippen molar-refractivity contribution in [1.29, 1.82) is 0 Å². The Kier molecular flexibility index (Phi) is 19.3. The summed E-state index contributed by atoms with van der Waals surface area (Å²) in [4.78, 5) is 118. The van der Waals surface area contributed by atoms with E-state index < -0.39 is 108 Å². The van der Waals surface area contributed by atoms with E-state index in [-0.39, 0.29) is 19.3 Å². The highest BCUT2D eigenvalue weighted by molar-refractivity contribution is 5.98. The van der Waals surface area contributed by atoms with Gasteiger partial charge in [0.1, 0.15) is 59.9 Å². The number of nitrogens with zero attached hydrogens (tertiary/aromatic N) is 2. The highest BCUT2D eigenvalue weighted by atomic mass is 16.5. The molecule has 7 N–H and O–H groups in total. The smallest absolute Gasteiger partial charge is 0.329 e. The molecule has 20 heteroatoms. The topological polar surface area (TPSA) is 267 Å². The van der Waals surface area contributed by atoms with Gasteiger partial charge in [-0.05, 0) is 73.6 Å². The summed E-state index contributed by atoms with van der Waals surface area (Å²) in [5.74, 6) is -5.90. The summed E-state index contributed by atoms with van der Waals surface area (Å²) in [5.41, 5.74) is 1.79. The Morgan fingerprint density at radius 3 is 2.07 bits per heavy atom. The van der Waals surface area contributed by atoms with Crippen molar-refractivity contribution in [2.45, 2.75) is 129 Å². The highest BCUT2D eigenvalue weighted by Gasteiger charge is 2.42. The molecule has 0 spiro atoms. The van der Waals surface area contributed by atoms with Crippen molar-refractivity contribution in [3.05, 3.63) is 59.8 Å². The van der Waals surface area contributed by atoms with E-state index in [0.29, 0.717) is 46.4 Å². The predicted molar refractivity (Wildman–Crippen MR) is 251 cm³/mol. The lowest BCUT2D eigenvalue weighted by molar-refractivity contribution is -0.162. The van der Waals surface area contributed by atoms with Crippen molar-refractivity contribution in [1.82, 2.24) is 41.4 Å². The molecule has 1 aliphatic heterocycles. The van der Waals surface area contributed by atoms with E-state index in [2.05, 4.69) is 31.6 Å². The summed E-state index contributed by atoms with van der Waals surface area (Å²) >= 11 is 0. The number of esters is 1. The van der Waals surface area contributed by atoms with E-state index in [4.69, 9.17) is 14.2 Å². The van der Waals surface area contributed by atoms with Gasteiger partial charge in [0.2, 0.25) is 41.9 Å².